The fraction of sp³-hybridized carbons (Fsp3) is 0.625. The predicted octanol–water partition coefficient (Wildman–Crippen LogP) is 3.58. The number of halogens is 3. The first-order chi connectivity index (χ1) is 11.1. The number of nitrogens with zero attached hydrogens (tertiary/aromatic N) is 2. The van der Waals surface area contributed by atoms with Gasteiger partial charge in [0, 0.05) is 19.3 Å². The highest BCUT2D eigenvalue weighted by Crippen LogP contribution is 2.32. The molecule has 1 aliphatic heterocycles. The Kier molecular flexibility index (Phi) is 5.25. The molecule has 0 atom stereocenters. The number of hydrogen-bond acceptors (Lipinski definition) is 4. The van der Waals surface area contributed by atoms with Gasteiger partial charge in [-0.25, -0.2) is 9.78 Å². The molecule has 0 saturated carbocycles. The maximum atomic E-state index is 12.6. The lowest BCUT2D eigenvalue weighted by Gasteiger charge is -2.36. The maximum Gasteiger partial charge on any atom is 0.417 e. The Hall–Kier alpha value is -1.99. The highest BCUT2D eigenvalue weighted by atomic mass is 19.4. The van der Waals surface area contributed by atoms with Crippen molar-refractivity contribution in [2.45, 2.75) is 44.9 Å². The van der Waals surface area contributed by atoms with Gasteiger partial charge >= 0.3 is 12.3 Å². The van der Waals surface area contributed by atoms with E-state index < -0.39 is 23.4 Å². The average molecular weight is 345 g/mol. The molecule has 0 radical (unpaired) electrons. The molecule has 2 rings (SSSR count). The molecule has 1 amide bonds. The number of aromatic nitrogens is 1. The number of rotatable bonds is 4. The third-order valence-electron chi connectivity index (χ3n) is 4.17. The second-order valence-electron chi connectivity index (χ2n) is 6.72. The molecule has 5 nitrogen and oxygen atoms in total. The van der Waals surface area contributed by atoms with Gasteiger partial charge < -0.3 is 15.4 Å². The Morgan fingerprint density at radius 3 is 2.42 bits per heavy atom. The molecule has 1 saturated heterocycles. The number of pyridine rings is 1. The minimum atomic E-state index is -4.37. The summed E-state index contributed by atoms with van der Waals surface area (Å²) >= 11 is 0. The van der Waals surface area contributed by atoms with Crippen molar-refractivity contribution in [2.24, 2.45) is 11.7 Å². The van der Waals surface area contributed by atoms with E-state index in [0.717, 1.165) is 25.1 Å². The fourth-order valence-electron chi connectivity index (χ4n) is 3.12. The summed E-state index contributed by atoms with van der Waals surface area (Å²) in [6.07, 6.45) is -1.88. The van der Waals surface area contributed by atoms with Crippen molar-refractivity contribution in [2.75, 3.05) is 18.0 Å². The summed E-state index contributed by atoms with van der Waals surface area (Å²) < 4.78 is 42.8. The largest absolute Gasteiger partial charge is 0.444 e. The molecule has 1 fully saturated rings. The number of carbonyl (C=O) groups is 1. The van der Waals surface area contributed by atoms with Gasteiger partial charge in [-0.15, -0.1) is 0 Å². The van der Waals surface area contributed by atoms with Gasteiger partial charge in [0.25, 0.3) is 0 Å². The van der Waals surface area contributed by atoms with Crippen LogP contribution in [0.3, 0.4) is 0 Å². The van der Waals surface area contributed by atoms with Crippen LogP contribution < -0.4 is 10.6 Å². The second-order valence-corrected chi connectivity index (χ2v) is 6.72. The zero-order valence-electron chi connectivity index (χ0n) is 13.8. The molecule has 0 aromatic carbocycles. The van der Waals surface area contributed by atoms with Crippen LogP contribution in [0.15, 0.2) is 18.3 Å². The van der Waals surface area contributed by atoms with Gasteiger partial charge in [-0.1, -0.05) is 0 Å². The van der Waals surface area contributed by atoms with E-state index in [2.05, 4.69) is 4.98 Å². The van der Waals surface area contributed by atoms with E-state index >= 15 is 0 Å². The van der Waals surface area contributed by atoms with Gasteiger partial charge in [0.15, 0.2) is 0 Å². The minimum absolute atomic E-state index is 0.366. The first-order valence-corrected chi connectivity index (χ1v) is 7.83. The van der Waals surface area contributed by atoms with Crippen molar-refractivity contribution < 1.29 is 22.7 Å². The van der Waals surface area contributed by atoms with Crippen molar-refractivity contribution in [3.63, 3.8) is 0 Å². The number of primary amides is 1. The monoisotopic (exact) mass is 345 g/mol. The summed E-state index contributed by atoms with van der Waals surface area (Å²) in [4.78, 5) is 16.8. The fourth-order valence-corrected chi connectivity index (χ4v) is 3.12. The SMILES string of the molecule is CC(C)(CC1CCN(c2ccc(C(F)(F)F)cn2)CC1)OC(N)=O. The summed E-state index contributed by atoms with van der Waals surface area (Å²) in [6.45, 7) is 5.05. The maximum absolute atomic E-state index is 12.6. The smallest absolute Gasteiger partial charge is 0.417 e. The Bertz CT molecular complexity index is 565. The normalized spacial score (nSPS) is 17.0. The third-order valence-corrected chi connectivity index (χ3v) is 4.17. The topological polar surface area (TPSA) is 68.5 Å². The van der Waals surface area contributed by atoms with Crippen LogP contribution in [-0.4, -0.2) is 29.8 Å². The molecular formula is C16H22F3N3O2. The van der Waals surface area contributed by atoms with Gasteiger partial charge in [-0.3, -0.25) is 0 Å². The Balaban J connectivity index is 1.90. The van der Waals surface area contributed by atoms with Crippen LogP contribution in [0.5, 0.6) is 0 Å². The van der Waals surface area contributed by atoms with Crippen LogP contribution in [0.25, 0.3) is 0 Å². The van der Waals surface area contributed by atoms with Crippen LogP contribution in [0.2, 0.25) is 0 Å². The molecule has 0 aliphatic carbocycles. The van der Waals surface area contributed by atoms with E-state index in [0.29, 0.717) is 31.2 Å². The van der Waals surface area contributed by atoms with E-state index in [1.807, 2.05) is 18.7 Å². The van der Waals surface area contributed by atoms with Crippen LogP contribution in [0, 0.1) is 5.92 Å². The van der Waals surface area contributed by atoms with E-state index in [4.69, 9.17) is 10.5 Å². The summed E-state index contributed by atoms with van der Waals surface area (Å²) in [5, 5.41) is 0. The van der Waals surface area contributed by atoms with E-state index in [-0.39, 0.29) is 0 Å². The summed E-state index contributed by atoms with van der Waals surface area (Å²) in [7, 11) is 0. The molecule has 0 unspecified atom stereocenters. The van der Waals surface area contributed by atoms with Crippen molar-refractivity contribution in [3.8, 4) is 0 Å². The van der Waals surface area contributed by atoms with Crippen molar-refractivity contribution in [3.05, 3.63) is 23.9 Å². The molecular weight excluding hydrogens is 323 g/mol. The molecule has 24 heavy (non-hydrogen) atoms. The molecule has 8 heteroatoms. The minimum Gasteiger partial charge on any atom is -0.444 e. The predicted molar refractivity (Wildman–Crippen MR) is 83.5 cm³/mol. The summed E-state index contributed by atoms with van der Waals surface area (Å²) in [5.74, 6) is 0.916. The molecule has 0 bridgehead atoms. The molecule has 134 valence electrons. The van der Waals surface area contributed by atoms with Crippen molar-refractivity contribution >= 4 is 11.9 Å². The first kappa shape index (κ1) is 18.4. The van der Waals surface area contributed by atoms with Crippen molar-refractivity contribution in [1.29, 1.82) is 0 Å². The summed E-state index contributed by atoms with van der Waals surface area (Å²) in [6, 6.07) is 2.46. The number of ether oxygens (including phenoxy) is 1. The highest BCUT2D eigenvalue weighted by molar-refractivity contribution is 5.65. The zero-order chi connectivity index (χ0) is 18.0. The van der Waals surface area contributed by atoms with Gasteiger partial charge in [0.05, 0.1) is 5.56 Å². The molecule has 2 N–H and O–H groups in total. The van der Waals surface area contributed by atoms with Gasteiger partial charge in [0.1, 0.15) is 11.4 Å². The van der Waals surface area contributed by atoms with Gasteiger partial charge in [0.2, 0.25) is 0 Å². The van der Waals surface area contributed by atoms with E-state index in [1.165, 1.54) is 6.07 Å². The number of hydrogen-bond donors (Lipinski definition) is 1. The third kappa shape index (κ3) is 5.01. The molecule has 1 aromatic rings. The molecule has 2 heterocycles. The molecule has 1 aromatic heterocycles. The lowest BCUT2D eigenvalue weighted by Crippen LogP contribution is -2.39. The zero-order valence-corrected chi connectivity index (χ0v) is 13.8. The van der Waals surface area contributed by atoms with Crippen LogP contribution in [0.1, 0.15) is 38.7 Å². The lowest BCUT2D eigenvalue weighted by atomic mass is 9.86. The quantitative estimate of drug-likeness (QED) is 0.906. The van der Waals surface area contributed by atoms with Crippen LogP contribution in [0.4, 0.5) is 23.8 Å². The number of piperidine rings is 1. The standard InChI is InChI=1S/C16H22F3N3O2/c1-15(2,24-14(20)23)9-11-5-7-22(8-6-11)13-4-3-12(10-21-13)16(17,18)19/h3-4,10-11H,5-9H2,1-2H3,(H2,20,23). The number of alkyl halides is 3. The Labute approximate surface area is 139 Å². The Morgan fingerprint density at radius 1 is 1.33 bits per heavy atom. The molecule has 0 spiro atoms. The number of nitrogens with two attached hydrogens (primary N) is 1. The van der Waals surface area contributed by atoms with Crippen molar-refractivity contribution in [1.82, 2.24) is 4.98 Å². The summed E-state index contributed by atoms with van der Waals surface area (Å²) in [5.41, 5.74) is 3.70. The number of anilines is 1. The van der Waals surface area contributed by atoms with E-state index in [1.54, 1.807) is 0 Å². The lowest BCUT2D eigenvalue weighted by molar-refractivity contribution is -0.137. The van der Waals surface area contributed by atoms with Gasteiger partial charge in [-0.05, 0) is 51.2 Å². The number of carbonyl (C=O) groups excluding carboxylic acids is 1. The average Bonchev–Trinajstić information content (AvgIpc) is 2.45. The molecule has 1 aliphatic rings. The Morgan fingerprint density at radius 2 is 1.96 bits per heavy atom. The highest BCUT2D eigenvalue weighted by Gasteiger charge is 2.32. The van der Waals surface area contributed by atoms with E-state index in [9.17, 15) is 18.0 Å². The number of amides is 1. The second kappa shape index (κ2) is 6.86. The van der Waals surface area contributed by atoms with Gasteiger partial charge in [-0.2, -0.15) is 13.2 Å². The first-order valence-electron chi connectivity index (χ1n) is 7.83. The van der Waals surface area contributed by atoms with Crippen LogP contribution >= 0.6 is 0 Å². The van der Waals surface area contributed by atoms with Crippen LogP contribution in [-0.2, 0) is 10.9 Å².